The van der Waals surface area contributed by atoms with Gasteiger partial charge in [-0.05, 0) is 59.8 Å². The molecule has 33 heavy (non-hydrogen) atoms. The number of fused-ring (bicyclic) bond motifs is 1. The second-order valence-electron chi connectivity index (χ2n) is 7.05. The van der Waals surface area contributed by atoms with E-state index in [2.05, 4.69) is 25.6 Å². The van der Waals surface area contributed by atoms with Gasteiger partial charge < -0.3 is 10.6 Å². The maximum absolute atomic E-state index is 12.4. The smallest absolute Gasteiger partial charge is 0.286 e. The Morgan fingerprint density at radius 1 is 0.879 bits per heavy atom. The number of carbonyl (C=O) groups excluding carboxylic acids is 1. The van der Waals surface area contributed by atoms with Gasteiger partial charge in [-0.1, -0.05) is 53.5 Å². The molecular formula is C24H15Cl2N5OS. The Hall–Kier alpha value is -3.39. The van der Waals surface area contributed by atoms with Crippen LogP contribution in [0.3, 0.4) is 0 Å². The molecule has 0 saturated heterocycles. The van der Waals surface area contributed by atoms with Gasteiger partial charge in [-0.3, -0.25) is 9.78 Å². The lowest BCUT2D eigenvalue weighted by Gasteiger charge is -2.08. The van der Waals surface area contributed by atoms with E-state index in [1.807, 2.05) is 48.5 Å². The molecule has 6 nitrogen and oxygen atoms in total. The molecule has 0 unspecified atom stereocenters. The van der Waals surface area contributed by atoms with Crippen molar-refractivity contribution in [1.29, 1.82) is 0 Å². The Labute approximate surface area is 203 Å². The first-order chi connectivity index (χ1) is 16.0. The number of amides is 1. The number of para-hydroxylation sites is 2. The van der Waals surface area contributed by atoms with Gasteiger partial charge in [0.2, 0.25) is 0 Å². The van der Waals surface area contributed by atoms with Crippen molar-refractivity contribution in [3.63, 3.8) is 0 Å². The normalized spacial score (nSPS) is 14.5. The Morgan fingerprint density at radius 2 is 1.67 bits per heavy atom. The van der Waals surface area contributed by atoms with Crippen molar-refractivity contribution >= 4 is 80.3 Å². The first-order valence-electron chi connectivity index (χ1n) is 9.88. The van der Waals surface area contributed by atoms with Gasteiger partial charge in [0.15, 0.2) is 5.17 Å². The molecule has 1 aliphatic heterocycles. The molecule has 0 fully saturated rings. The molecule has 0 atom stereocenters. The lowest BCUT2D eigenvalue weighted by molar-refractivity contribution is -0.113. The molecule has 5 rings (SSSR count). The molecule has 1 aliphatic rings. The van der Waals surface area contributed by atoms with E-state index in [-0.39, 0.29) is 5.91 Å². The Morgan fingerprint density at radius 3 is 2.45 bits per heavy atom. The summed E-state index contributed by atoms with van der Waals surface area (Å²) in [7, 11) is 0. The van der Waals surface area contributed by atoms with Crippen LogP contribution in [-0.4, -0.2) is 21.0 Å². The van der Waals surface area contributed by atoms with Crippen LogP contribution in [0.15, 0.2) is 82.8 Å². The van der Waals surface area contributed by atoms with Crippen LogP contribution in [0.2, 0.25) is 10.0 Å². The zero-order valence-corrected chi connectivity index (χ0v) is 19.2. The number of rotatable bonds is 4. The minimum atomic E-state index is -0.337. The van der Waals surface area contributed by atoms with Crippen molar-refractivity contribution in [2.75, 3.05) is 10.6 Å². The fraction of sp³-hybridized carbons (Fsp3) is 0. The quantitative estimate of drug-likeness (QED) is 0.307. The van der Waals surface area contributed by atoms with Crippen LogP contribution in [0, 0.1) is 0 Å². The highest BCUT2D eigenvalue weighted by Crippen LogP contribution is 2.34. The van der Waals surface area contributed by atoms with E-state index in [9.17, 15) is 4.79 Å². The molecule has 0 spiro atoms. The maximum Gasteiger partial charge on any atom is 0.286 e. The number of hydrogen-bond acceptors (Lipinski definition) is 6. The average molecular weight is 492 g/mol. The van der Waals surface area contributed by atoms with Crippen LogP contribution < -0.4 is 10.6 Å². The molecule has 0 aliphatic carbocycles. The number of thioether (sulfide) groups is 1. The molecular weight excluding hydrogens is 477 g/mol. The average Bonchev–Trinajstić information content (AvgIpc) is 3.15. The summed E-state index contributed by atoms with van der Waals surface area (Å²) in [5.41, 5.74) is 3.72. The molecule has 0 saturated carbocycles. The second-order valence-corrected chi connectivity index (χ2v) is 8.89. The van der Waals surface area contributed by atoms with Crippen LogP contribution in [-0.2, 0) is 4.79 Å². The predicted octanol–water partition coefficient (Wildman–Crippen LogP) is 6.76. The summed E-state index contributed by atoms with van der Waals surface area (Å²) in [4.78, 5) is 26.1. The molecule has 0 radical (unpaired) electrons. The molecule has 162 valence electrons. The SMILES string of the molecule is O=C1N=C(Nc2c(Cl)cccc2Cl)S/C1=C/c1ccc2ncc(Nc3ccccc3)nc2c1. The van der Waals surface area contributed by atoms with Crippen LogP contribution >= 0.6 is 35.0 Å². The van der Waals surface area contributed by atoms with E-state index in [0.29, 0.717) is 37.1 Å². The number of aliphatic imine (C=N–C) groups is 1. The Bertz CT molecular complexity index is 1420. The number of aromatic nitrogens is 2. The molecule has 4 aromatic rings. The molecule has 2 heterocycles. The van der Waals surface area contributed by atoms with Crippen LogP contribution in [0.4, 0.5) is 17.2 Å². The summed E-state index contributed by atoms with van der Waals surface area (Å²) in [6.45, 7) is 0. The summed E-state index contributed by atoms with van der Waals surface area (Å²) < 4.78 is 0. The number of nitrogens with one attached hydrogen (secondary N) is 2. The largest absolute Gasteiger partial charge is 0.339 e. The van der Waals surface area contributed by atoms with Crippen molar-refractivity contribution in [3.8, 4) is 0 Å². The molecule has 0 bridgehead atoms. The number of benzene rings is 3. The molecule has 3 aromatic carbocycles. The minimum absolute atomic E-state index is 0.337. The van der Waals surface area contributed by atoms with Crippen LogP contribution in [0.25, 0.3) is 17.1 Å². The fourth-order valence-electron chi connectivity index (χ4n) is 3.19. The van der Waals surface area contributed by atoms with E-state index in [0.717, 1.165) is 16.8 Å². The standard InChI is InChI=1S/C24H15Cl2N5OS/c25-16-7-4-8-17(26)22(16)30-24-31-23(32)20(33-24)12-14-9-10-18-19(11-14)29-21(13-27-18)28-15-5-2-1-3-6-15/h1-13H,(H,28,29)(H,30,31,32)/b20-12+. The van der Waals surface area contributed by atoms with Gasteiger partial charge >= 0.3 is 0 Å². The van der Waals surface area contributed by atoms with Gasteiger partial charge in [-0.25, -0.2) is 4.98 Å². The number of anilines is 3. The first kappa shape index (κ1) is 21.5. The first-order valence-corrected chi connectivity index (χ1v) is 11.4. The summed E-state index contributed by atoms with van der Waals surface area (Å²) in [5.74, 6) is 0.299. The van der Waals surface area contributed by atoms with E-state index in [4.69, 9.17) is 23.2 Å². The third-order valence-corrected chi connectivity index (χ3v) is 6.25. The van der Waals surface area contributed by atoms with E-state index >= 15 is 0 Å². The van der Waals surface area contributed by atoms with Crippen molar-refractivity contribution in [2.45, 2.75) is 0 Å². The van der Waals surface area contributed by atoms with Gasteiger partial charge in [0.25, 0.3) is 5.91 Å². The minimum Gasteiger partial charge on any atom is -0.339 e. The number of amidine groups is 1. The summed E-state index contributed by atoms with van der Waals surface area (Å²) in [6.07, 6.45) is 3.47. The van der Waals surface area contributed by atoms with E-state index in [1.54, 1.807) is 30.5 Å². The highest BCUT2D eigenvalue weighted by atomic mass is 35.5. The van der Waals surface area contributed by atoms with Gasteiger partial charge in [0.1, 0.15) is 5.82 Å². The van der Waals surface area contributed by atoms with Gasteiger partial charge in [-0.2, -0.15) is 4.99 Å². The topological polar surface area (TPSA) is 79.3 Å². The summed E-state index contributed by atoms with van der Waals surface area (Å²) >= 11 is 13.6. The van der Waals surface area contributed by atoms with Crippen molar-refractivity contribution in [3.05, 3.63) is 93.4 Å². The van der Waals surface area contributed by atoms with Gasteiger partial charge in [-0.15, -0.1) is 0 Å². The highest BCUT2D eigenvalue weighted by molar-refractivity contribution is 8.18. The van der Waals surface area contributed by atoms with Crippen LogP contribution in [0.5, 0.6) is 0 Å². The highest BCUT2D eigenvalue weighted by Gasteiger charge is 2.23. The van der Waals surface area contributed by atoms with Crippen molar-refractivity contribution < 1.29 is 4.79 Å². The lowest BCUT2D eigenvalue weighted by atomic mass is 10.2. The van der Waals surface area contributed by atoms with E-state index in [1.165, 1.54) is 11.8 Å². The second kappa shape index (κ2) is 9.23. The maximum atomic E-state index is 12.4. The monoisotopic (exact) mass is 491 g/mol. The summed E-state index contributed by atoms with van der Waals surface area (Å²) in [5, 5.41) is 7.59. The fourth-order valence-corrected chi connectivity index (χ4v) is 4.50. The van der Waals surface area contributed by atoms with E-state index < -0.39 is 0 Å². The molecule has 1 amide bonds. The molecule has 9 heteroatoms. The molecule has 1 aromatic heterocycles. The van der Waals surface area contributed by atoms with Crippen molar-refractivity contribution in [1.82, 2.24) is 9.97 Å². The zero-order valence-electron chi connectivity index (χ0n) is 16.9. The number of hydrogen-bond donors (Lipinski definition) is 2. The van der Waals surface area contributed by atoms with Gasteiger partial charge in [0, 0.05) is 5.69 Å². The zero-order chi connectivity index (χ0) is 22.8. The Kier molecular flexibility index (Phi) is 6.00. The predicted molar refractivity (Wildman–Crippen MR) is 137 cm³/mol. The third-order valence-electron chi connectivity index (χ3n) is 4.73. The third kappa shape index (κ3) is 4.85. The summed E-state index contributed by atoms with van der Waals surface area (Å²) in [6, 6.07) is 20.6. The van der Waals surface area contributed by atoms with Gasteiger partial charge in [0.05, 0.1) is 37.9 Å². The molecule has 2 N–H and O–H groups in total. The Balaban J connectivity index is 1.37. The van der Waals surface area contributed by atoms with Crippen molar-refractivity contribution in [2.24, 2.45) is 4.99 Å². The number of nitrogens with zero attached hydrogens (tertiary/aromatic N) is 3. The number of carbonyl (C=O) groups is 1. The van der Waals surface area contributed by atoms with Crippen LogP contribution in [0.1, 0.15) is 5.56 Å². The lowest BCUT2D eigenvalue weighted by Crippen LogP contribution is -2.05. The number of halogens is 2.